The summed E-state index contributed by atoms with van der Waals surface area (Å²) in [5.74, 6) is 0. The van der Waals surface area contributed by atoms with Crippen molar-refractivity contribution >= 4 is 8.80 Å². The minimum Gasteiger partial charge on any atom is -0.382 e. The summed E-state index contributed by atoms with van der Waals surface area (Å²) in [6.45, 7) is 2.70. The Labute approximate surface area is 106 Å². The standard InChI is InChI=1S/C12H26O4Si/c1-5-11(10-13-2)16-17(14-3,15-4)12-8-6-7-9-12/h11-12H,5-10H2,1-4H3. The van der Waals surface area contributed by atoms with E-state index in [0.717, 1.165) is 19.3 Å². The molecule has 1 fully saturated rings. The summed E-state index contributed by atoms with van der Waals surface area (Å²) in [7, 11) is 2.62. The highest BCUT2D eigenvalue weighted by molar-refractivity contribution is 6.62. The van der Waals surface area contributed by atoms with E-state index in [1.807, 2.05) is 0 Å². The molecule has 0 amide bonds. The molecule has 0 aliphatic heterocycles. The van der Waals surface area contributed by atoms with Crippen LogP contribution in [0.15, 0.2) is 0 Å². The van der Waals surface area contributed by atoms with Crippen molar-refractivity contribution in [1.82, 2.24) is 0 Å². The van der Waals surface area contributed by atoms with Gasteiger partial charge >= 0.3 is 8.80 Å². The molecule has 0 saturated heterocycles. The second-order valence-corrected chi connectivity index (χ2v) is 7.67. The van der Waals surface area contributed by atoms with Gasteiger partial charge in [0.1, 0.15) is 0 Å². The summed E-state index contributed by atoms with van der Waals surface area (Å²) >= 11 is 0. The van der Waals surface area contributed by atoms with E-state index in [1.165, 1.54) is 12.8 Å². The number of hydrogen-bond acceptors (Lipinski definition) is 4. The van der Waals surface area contributed by atoms with Gasteiger partial charge in [0.2, 0.25) is 0 Å². The molecule has 1 rings (SSSR count). The topological polar surface area (TPSA) is 36.9 Å². The monoisotopic (exact) mass is 262 g/mol. The predicted octanol–water partition coefficient (Wildman–Crippen LogP) is 2.60. The van der Waals surface area contributed by atoms with Crippen molar-refractivity contribution in [1.29, 1.82) is 0 Å². The van der Waals surface area contributed by atoms with Crippen molar-refractivity contribution < 1.29 is 18.0 Å². The van der Waals surface area contributed by atoms with Crippen LogP contribution in [0.1, 0.15) is 39.0 Å². The van der Waals surface area contributed by atoms with Crippen molar-refractivity contribution in [2.75, 3.05) is 27.9 Å². The quantitative estimate of drug-likeness (QED) is 0.630. The van der Waals surface area contributed by atoms with E-state index in [2.05, 4.69) is 6.92 Å². The minimum atomic E-state index is -2.51. The summed E-state index contributed by atoms with van der Waals surface area (Å²) < 4.78 is 22.7. The minimum absolute atomic E-state index is 0.0761. The molecule has 0 bridgehead atoms. The molecule has 0 radical (unpaired) electrons. The Balaban J connectivity index is 2.68. The molecule has 1 saturated carbocycles. The van der Waals surface area contributed by atoms with E-state index < -0.39 is 8.80 Å². The molecule has 102 valence electrons. The lowest BCUT2D eigenvalue weighted by Gasteiger charge is -2.34. The van der Waals surface area contributed by atoms with Crippen LogP contribution < -0.4 is 0 Å². The van der Waals surface area contributed by atoms with Crippen LogP contribution in [0.2, 0.25) is 5.54 Å². The second-order valence-electron chi connectivity index (χ2n) is 4.60. The fourth-order valence-electron chi connectivity index (χ4n) is 2.54. The Morgan fingerprint density at radius 1 is 1.12 bits per heavy atom. The highest BCUT2D eigenvalue weighted by Gasteiger charge is 2.50. The molecule has 0 aromatic carbocycles. The third-order valence-electron chi connectivity index (χ3n) is 3.56. The molecule has 1 aliphatic rings. The van der Waals surface area contributed by atoms with Gasteiger partial charge < -0.3 is 18.0 Å². The van der Waals surface area contributed by atoms with Gasteiger partial charge in [-0.15, -0.1) is 0 Å². The molecule has 1 unspecified atom stereocenters. The van der Waals surface area contributed by atoms with Crippen LogP contribution >= 0.6 is 0 Å². The molecular formula is C12H26O4Si. The average Bonchev–Trinajstić information content (AvgIpc) is 2.89. The molecule has 0 aromatic heterocycles. The van der Waals surface area contributed by atoms with Gasteiger partial charge in [-0.2, -0.15) is 0 Å². The van der Waals surface area contributed by atoms with Crippen LogP contribution in [-0.2, 0) is 18.0 Å². The molecule has 0 aromatic rings. The highest BCUT2D eigenvalue weighted by atomic mass is 28.4. The summed E-state index contributed by atoms with van der Waals surface area (Å²) in [5, 5.41) is 0. The fraction of sp³-hybridized carbons (Fsp3) is 1.00. The lowest BCUT2D eigenvalue weighted by atomic mass is 10.3. The maximum atomic E-state index is 6.18. The zero-order chi connectivity index (χ0) is 12.7. The third-order valence-corrected chi connectivity index (χ3v) is 6.94. The number of rotatable bonds is 8. The molecule has 4 nitrogen and oxygen atoms in total. The van der Waals surface area contributed by atoms with Gasteiger partial charge in [-0.3, -0.25) is 0 Å². The third kappa shape index (κ3) is 3.76. The second kappa shape index (κ2) is 7.48. The van der Waals surface area contributed by atoms with Gasteiger partial charge in [-0.25, -0.2) is 0 Å². The first-order valence-corrected chi connectivity index (χ1v) is 8.29. The van der Waals surface area contributed by atoms with Gasteiger partial charge in [-0.05, 0) is 19.3 Å². The first kappa shape index (κ1) is 15.1. The largest absolute Gasteiger partial charge is 0.504 e. The predicted molar refractivity (Wildman–Crippen MR) is 69.0 cm³/mol. The van der Waals surface area contributed by atoms with Crippen LogP contribution in [0.5, 0.6) is 0 Å². The van der Waals surface area contributed by atoms with Crippen molar-refractivity contribution in [3.63, 3.8) is 0 Å². The average molecular weight is 262 g/mol. The normalized spacial score (nSPS) is 19.8. The zero-order valence-electron chi connectivity index (χ0n) is 11.5. The van der Waals surface area contributed by atoms with Crippen LogP contribution in [0.3, 0.4) is 0 Å². The van der Waals surface area contributed by atoms with E-state index >= 15 is 0 Å². The van der Waals surface area contributed by atoms with Crippen LogP contribution in [0.25, 0.3) is 0 Å². The molecular weight excluding hydrogens is 236 g/mol. The van der Waals surface area contributed by atoms with Crippen LogP contribution in [0.4, 0.5) is 0 Å². The molecule has 1 aliphatic carbocycles. The van der Waals surface area contributed by atoms with E-state index in [1.54, 1.807) is 21.3 Å². The van der Waals surface area contributed by atoms with Crippen molar-refractivity contribution in [3.05, 3.63) is 0 Å². The Hall–Kier alpha value is 0.0569. The molecule has 0 N–H and O–H groups in total. The number of hydrogen-bond donors (Lipinski definition) is 0. The van der Waals surface area contributed by atoms with Gasteiger partial charge in [0.25, 0.3) is 0 Å². The first-order valence-electron chi connectivity index (χ1n) is 6.49. The summed E-state index contributed by atoms with van der Waals surface area (Å²) in [6.07, 6.45) is 5.84. The van der Waals surface area contributed by atoms with Crippen molar-refractivity contribution in [2.45, 2.75) is 50.7 Å². The Kier molecular flexibility index (Phi) is 6.65. The van der Waals surface area contributed by atoms with Gasteiger partial charge in [0.15, 0.2) is 0 Å². The molecule has 1 atom stereocenters. The lowest BCUT2D eigenvalue weighted by molar-refractivity contribution is 0.00612. The van der Waals surface area contributed by atoms with E-state index in [0.29, 0.717) is 12.1 Å². The van der Waals surface area contributed by atoms with Crippen LogP contribution in [-0.4, -0.2) is 42.8 Å². The molecule has 5 heteroatoms. The van der Waals surface area contributed by atoms with Crippen molar-refractivity contribution in [3.8, 4) is 0 Å². The number of methoxy groups -OCH3 is 1. The first-order chi connectivity index (χ1) is 8.22. The highest BCUT2D eigenvalue weighted by Crippen LogP contribution is 2.40. The maximum absolute atomic E-state index is 6.18. The Morgan fingerprint density at radius 3 is 2.12 bits per heavy atom. The maximum Gasteiger partial charge on any atom is 0.504 e. The van der Waals surface area contributed by atoms with Crippen LogP contribution in [0, 0.1) is 0 Å². The number of ether oxygens (including phenoxy) is 1. The Morgan fingerprint density at radius 2 is 1.71 bits per heavy atom. The summed E-state index contributed by atoms with van der Waals surface area (Å²) in [4.78, 5) is 0. The molecule has 0 heterocycles. The smallest absolute Gasteiger partial charge is 0.382 e. The van der Waals surface area contributed by atoms with Gasteiger partial charge in [0, 0.05) is 26.9 Å². The van der Waals surface area contributed by atoms with E-state index in [4.69, 9.17) is 18.0 Å². The summed E-state index contributed by atoms with van der Waals surface area (Å²) in [5.41, 5.74) is 0.461. The molecule has 17 heavy (non-hydrogen) atoms. The SMILES string of the molecule is CCC(COC)O[Si](OC)(OC)C1CCCC1. The van der Waals surface area contributed by atoms with E-state index in [-0.39, 0.29) is 6.10 Å². The van der Waals surface area contributed by atoms with Gasteiger partial charge in [0.05, 0.1) is 12.7 Å². The molecule has 0 spiro atoms. The summed E-state index contributed by atoms with van der Waals surface area (Å²) in [6, 6.07) is 0. The fourth-order valence-corrected chi connectivity index (χ4v) is 5.57. The van der Waals surface area contributed by atoms with Gasteiger partial charge in [-0.1, -0.05) is 19.8 Å². The zero-order valence-corrected chi connectivity index (χ0v) is 12.5. The Bertz CT molecular complexity index is 203. The van der Waals surface area contributed by atoms with Crippen molar-refractivity contribution in [2.24, 2.45) is 0 Å². The van der Waals surface area contributed by atoms with E-state index in [9.17, 15) is 0 Å². The lowest BCUT2D eigenvalue weighted by Crippen LogP contribution is -2.51.